The minimum absolute atomic E-state index is 0.0903. The number of nitrogens with zero attached hydrogens (tertiary/aromatic N) is 1. The van der Waals surface area contributed by atoms with Gasteiger partial charge >= 0.3 is 0 Å². The highest BCUT2D eigenvalue weighted by Gasteiger charge is 2.24. The average molecular weight is 334 g/mol. The first-order valence-electron chi connectivity index (χ1n) is 8.70. The Morgan fingerprint density at radius 1 is 1.24 bits per heavy atom. The Balaban J connectivity index is 1.66. The van der Waals surface area contributed by atoms with E-state index >= 15 is 0 Å². The van der Waals surface area contributed by atoms with E-state index in [0.29, 0.717) is 6.42 Å². The third-order valence-corrected chi connectivity index (χ3v) is 5.27. The number of hydrogen-bond donors (Lipinski definition) is 1. The molecule has 0 spiro atoms. The van der Waals surface area contributed by atoms with E-state index in [-0.39, 0.29) is 5.91 Å². The van der Waals surface area contributed by atoms with Gasteiger partial charge in [-0.2, -0.15) is 0 Å². The smallest absolute Gasteiger partial charge is 0.231 e. The number of furan rings is 1. The molecule has 1 aromatic heterocycles. The van der Waals surface area contributed by atoms with Crippen molar-refractivity contribution in [3.05, 3.63) is 58.8 Å². The van der Waals surface area contributed by atoms with Gasteiger partial charge in [0.2, 0.25) is 5.91 Å². The number of aryl methyl sites for hydroxylation is 2. The largest absolute Gasteiger partial charge is 0.464 e. The molecule has 2 heterocycles. The van der Waals surface area contributed by atoms with Crippen molar-refractivity contribution in [2.45, 2.75) is 33.1 Å². The number of nitrogen functional groups attached to an aromatic ring is 1. The Hall–Kier alpha value is -2.75. The standard InChI is InChI=1S/C21H22N2O2/c1-13-8-9-16-15(12-25-21(16)14(13)2)11-20(24)23-10-4-5-17-18(22)6-3-7-19(17)23/h3,6-9,12H,4-5,10-11,22H2,1-2H3. The number of rotatable bonds is 2. The van der Waals surface area contributed by atoms with Gasteiger partial charge in [-0.1, -0.05) is 18.2 Å². The Morgan fingerprint density at radius 2 is 2.08 bits per heavy atom. The van der Waals surface area contributed by atoms with Crippen molar-refractivity contribution in [2.24, 2.45) is 0 Å². The van der Waals surface area contributed by atoms with Crippen LogP contribution >= 0.6 is 0 Å². The van der Waals surface area contributed by atoms with E-state index in [4.69, 9.17) is 10.2 Å². The van der Waals surface area contributed by atoms with Crippen LogP contribution in [0.2, 0.25) is 0 Å². The predicted octanol–water partition coefficient (Wildman–Crippen LogP) is 4.15. The second kappa shape index (κ2) is 5.96. The van der Waals surface area contributed by atoms with Crippen LogP contribution < -0.4 is 10.6 Å². The topological polar surface area (TPSA) is 59.5 Å². The second-order valence-electron chi connectivity index (χ2n) is 6.82. The fourth-order valence-electron chi connectivity index (χ4n) is 3.69. The number of amides is 1. The molecule has 25 heavy (non-hydrogen) atoms. The minimum atomic E-state index is 0.0903. The zero-order valence-electron chi connectivity index (χ0n) is 14.6. The fourth-order valence-corrected chi connectivity index (χ4v) is 3.69. The van der Waals surface area contributed by atoms with Gasteiger partial charge < -0.3 is 15.1 Å². The van der Waals surface area contributed by atoms with Crippen LogP contribution in [0.4, 0.5) is 11.4 Å². The van der Waals surface area contributed by atoms with Crippen molar-refractivity contribution < 1.29 is 9.21 Å². The third-order valence-electron chi connectivity index (χ3n) is 5.27. The van der Waals surface area contributed by atoms with Gasteiger partial charge in [-0.05, 0) is 55.5 Å². The van der Waals surface area contributed by atoms with Crippen LogP contribution in [-0.2, 0) is 17.6 Å². The van der Waals surface area contributed by atoms with Crippen LogP contribution in [0.15, 0.2) is 41.0 Å². The van der Waals surface area contributed by atoms with Crippen molar-refractivity contribution >= 4 is 28.3 Å². The molecule has 0 radical (unpaired) electrons. The monoisotopic (exact) mass is 334 g/mol. The number of anilines is 2. The molecular formula is C21H22N2O2. The molecular weight excluding hydrogens is 312 g/mol. The summed E-state index contributed by atoms with van der Waals surface area (Å²) in [4.78, 5) is 14.8. The van der Waals surface area contributed by atoms with E-state index in [1.807, 2.05) is 29.2 Å². The number of fused-ring (bicyclic) bond motifs is 2. The second-order valence-corrected chi connectivity index (χ2v) is 6.82. The molecule has 128 valence electrons. The number of hydrogen-bond acceptors (Lipinski definition) is 3. The van der Waals surface area contributed by atoms with Crippen LogP contribution in [-0.4, -0.2) is 12.5 Å². The number of nitrogens with two attached hydrogens (primary N) is 1. The van der Waals surface area contributed by atoms with E-state index in [0.717, 1.165) is 58.4 Å². The number of carbonyl (C=O) groups excluding carboxylic acids is 1. The van der Waals surface area contributed by atoms with Gasteiger partial charge in [0.25, 0.3) is 0 Å². The lowest BCUT2D eigenvalue weighted by Crippen LogP contribution is -2.36. The molecule has 4 nitrogen and oxygen atoms in total. The Labute approximate surface area is 147 Å². The molecule has 2 aromatic carbocycles. The normalized spacial score (nSPS) is 13.9. The van der Waals surface area contributed by atoms with E-state index < -0.39 is 0 Å². The van der Waals surface area contributed by atoms with E-state index in [1.54, 1.807) is 6.26 Å². The van der Waals surface area contributed by atoms with Crippen molar-refractivity contribution in [3.63, 3.8) is 0 Å². The first-order valence-corrected chi connectivity index (χ1v) is 8.70. The van der Waals surface area contributed by atoms with E-state index in [1.165, 1.54) is 5.56 Å². The highest BCUT2D eigenvalue weighted by Crippen LogP contribution is 2.32. The molecule has 0 atom stereocenters. The van der Waals surface area contributed by atoms with E-state index in [2.05, 4.69) is 19.9 Å². The summed E-state index contributed by atoms with van der Waals surface area (Å²) in [5.74, 6) is 0.0903. The molecule has 0 saturated carbocycles. The molecule has 0 fully saturated rings. The lowest BCUT2D eigenvalue weighted by Gasteiger charge is -2.30. The van der Waals surface area contributed by atoms with Gasteiger partial charge in [0.1, 0.15) is 5.58 Å². The number of benzene rings is 2. The highest BCUT2D eigenvalue weighted by molar-refractivity contribution is 5.99. The van der Waals surface area contributed by atoms with Crippen LogP contribution in [0.25, 0.3) is 11.0 Å². The molecule has 2 N–H and O–H groups in total. The molecule has 4 rings (SSSR count). The molecule has 0 bridgehead atoms. The summed E-state index contributed by atoms with van der Waals surface area (Å²) in [6.45, 7) is 4.86. The average Bonchev–Trinajstić information content (AvgIpc) is 3.01. The van der Waals surface area contributed by atoms with Crippen LogP contribution in [0, 0.1) is 13.8 Å². The lowest BCUT2D eigenvalue weighted by atomic mass is 9.98. The fraction of sp³-hybridized carbons (Fsp3) is 0.286. The first kappa shape index (κ1) is 15.8. The third kappa shape index (κ3) is 2.58. The summed E-state index contributed by atoms with van der Waals surface area (Å²) < 4.78 is 5.75. The SMILES string of the molecule is Cc1ccc2c(CC(=O)N3CCCc4c(N)cccc43)coc2c1C. The van der Waals surface area contributed by atoms with Crippen molar-refractivity contribution in [1.82, 2.24) is 0 Å². The van der Waals surface area contributed by atoms with Crippen molar-refractivity contribution in [1.29, 1.82) is 0 Å². The number of carbonyl (C=O) groups is 1. The molecule has 0 aliphatic carbocycles. The zero-order chi connectivity index (χ0) is 17.6. The van der Waals surface area contributed by atoms with Crippen LogP contribution in [0.1, 0.15) is 28.7 Å². The summed E-state index contributed by atoms with van der Waals surface area (Å²) in [5.41, 5.74) is 13.1. The maximum absolute atomic E-state index is 13.0. The maximum atomic E-state index is 13.0. The predicted molar refractivity (Wildman–Crippen MR) is 101 cm³/mol. The van der Waals surface area contributed by atoms with Gasteiger partial charge in [0, 0.05) is 28.9 Å². The van der Waals surface area contributed by atoms with Crippen molar-refractivity contribution in [3.8, 4) is 0 Å². The Bertz CT molecular complexity index is 971. The van der Waals surface area contributed by atoms with Crippen molar-refractivity contribution in [2.75, 3.05) is 17.2 Å². The molecule has 4 heteroatoms. The minimum Gasteiger partial charge on any atom is -0.464 e. The Morgan fingerprint density at radius 3 is 2.92 bits per heavy atom. The van der Waals surface area contributed by atoms with Crippen LogP contribution in [0.5, 0.6) is 0 Å². The molecule has 3 aromatic rings. The highest BCUT2D eigenvalue weighted by atomic mass is 16.3. The van der Waals surface area contributed by atoms with Crippen LogP contribution in [0.3, 0.4) is 0 Å². The molecule has 0 saturated heterocycles. The molecule has 1 aliphatic rings. The van der Waals surface area contributed by atoms with Gasteiger partial charge in [-0.15, -0.1) is 0 Å². The zero-order valence-corrected chi connectivity index (χ0v) is 14.6. The molecule has 1 amide bonds. The first-order chi connectivity index (χ1) is 12.1. The summed E-state index contributed by atoms with van der Waals surface area (Å²) in [6, 6.07) is 9.94. The summed E-state index contributed by atoms with van der Waals surface area (Å²) in [6.07, 6.45) is 3.93. The van der Waals surface area contributed by atoms with Gasteiger partial charge in [-0.3, -0.25) is 4.79 Å². The van der Waals surface area contributed by atoms with Gasteiger partial charge in [0.15, 0.2) is 0 Å². The maximum Gasteiger partial charge on any atom is 0.231 e. The quantitative estimate of drug-likeness (QED) is 0.716. The van der Waals surface area contributed by atoms with E-state index in [9.17, 15) is 4.79 Å². The Kier molecular flexibility index (Phi) is 3.75. The summed E-state index contributed by atoms with van der Waals surface area (Å²) >= 11 is 0. The van der Waals surface area contributed by atoms with Gasteiger partial charge in [-0.25, -0.2) is 0 Å². The summed E-state index contributed by atoms with van der Waals surface area (Å²) in [7, 11) is 0. The lowest BCUT2D eigenvalue weighted by molar-refractivity contribution is -0.118. The molecule has 1 aliphatic heterocycles. The van der Waals surface area contributed by atoms with Gasteiger partial charge in [0.05, 0.1) is 12.7 Å². The molecule has 0 unspecified atom stereocenters. The summed E-state index contributed by atoms with van der Waals surface area (Å²) in [5, 5.41) is 1.03.